The number of aliphatic hydroxyl groups excluding tert-OH is 1. The first-order valence-corrected chi connectivity index (χ1v) is 6.70. The van der Waals surface area contributed by atoms with E-state index in [-0.39, 0.29) is 19.6 Å². The van der Waals surface area contributed by atoms with Crippen molar-refractivity contribution in [1.29, 1.82) is 0 Å². The van der Waals surface area contributed by atoms with E-state index in [9.17, 15) is 9.36 Å². The molecule has 0 saturated heterocycles. The topological polar surface area (TPSA) is 63.6 Å². The molecule has 1 rings (SSSR count). The lowest BCUT2D eigenvalue weighted by Gasteiger charge is -2.03. The van der Waals surface area contributed by atoms with Crippen LogP contribution in [0.25, 0.3) is 0 Å². The van der Waals surface area contributed by atoms with Gasteiger partial charge in [-0.25, -0.2) is 0 Å². The number of ether oxygens (including phenoxy) is 1. The molecule has 0 radical (unpaired) electrons. The molecule has 1 aromatic carbocycles. The minimum absolute atomic E-state index is 0.00506. The van der Waals surface area contributed by atoms with Gasteiger partial charge >= 0.3 is 5.97 Å². The lowest BCUT2D eigenvalue weighted by Crippen LogP contribution is -2.10. The van der Waals surface area contributed by atoms with Gasteiger partial charge in [-0.15, -0.1) is 0 Å². The molecule has 0 aliphatic heterocycles. The summed E-state index contributed by atoms with van der Waals surface area (Å²) in [5, 5.41) is 9.22. The summed E-state index contributed by atoms with van der Waals surface area (Å²) < 4.78 is 16.4. The van der Waals surface area contributed by atoms with Crippen LogP contribution in [0.1, 0.15) is 6.42 Å². The molecule has 0 saturated carbocycles. The van der Waals surface area contributed by atoms with Gasteiger partial charge in [0, 0.05) is 11.5 Å². The van der Waals surface area contributed by atoms with Gasteiger partial charge in [-0.1, -0.05) is 30.3 Å². The number of hydrogen-bond donors (Lipinski definition) is 1. The summed E-state index contributed by atoms with van der Waals surface area (Å²) in [7, 11) is -1.90. The van der Waals surface area contributed by atoms with E-state index in [1.807, 2.05) is 18.2 Å². The van der Waals surface area contributed by atoms with Crippen LogP contribution in [-0.2, 0) is 14.1 Å². The lowest BCUT2D eigenvalue weighted by molar-refractivity contribution is -0.144. The Morgan fingerprint density at radius 3 is 2.62 bits per heavy atom. The molecule has 1 aromatic rings. The Morgan fingerprint density at radius 1 is 1.31 bits per heavy atom. The van der Waals surface area contributed by atoms with Gasteiger partial charge in [0.2, 0.25) is 0 Å². The SMILES string of the molecule is O=C(CC[PH](=O)c1ccccc1)OCCO. The van der Waals surface area contributed by atoms with Gasteiger partial charge in [0.15, 0.2) is 0 Å². The van der Waals surface area contributed by atoms with Crippen LogP contribution in [0.2, 0.25) is 0 Å². The third-order valence-corrected chi connectivity index (χ3v) is 3.69. The number of benzene rings is 1. The van der Waals surface area contributed by atoms with Gasteiger partial charge in [0.05, 0.1) is 13.0 Å². The van der Waals surface area contributed by atoms with Crippen LogP contribution in [0.15, 0.2) is 30.3 Å². The molecule has 0 heterocycles. The van der Waals surface area contributed by atoms with Gasteiger partial charge in [-0.3, -0.25) is 4.79 Å². The third kappa shape index (κ3) is 4.60. The first-order chi connectivity index (χ1) is 7.74. The van der Waals surface area contributed by atoms with E-state index in [0.29, 0.717) is 6.16 Å². The maximum Gasteiger partial charge on any atom is 0.306 e. The summed E-state index contributed by atoms with van der Waals surface area (Å²) in [6, 6.07) is 9.08. The summed E-state index contributed by atoms with van der Waals surface area (Å²) in [6.45, 7) is -0.176. The zero-order valence-corrected chi connectivity index (χ0v) is 9.89. The molecule has 1 unspecified atom stereocenters. The molecule has 0 fully saturated rings. The number of esters is 1. The molecule has 1 atom stereocenters. The number of aliphatic hydroxyl groups is 1. The van der Waals surface area contributed by atoms with E-state index in [2.05, 4.69) is 4.74 Å². The Hall–Kier alpha value is -1.12. The van der Waals surface area contributed by atoms with Crippen molar-refractivity contribution in [3.63, 3.8) is 0 Å². The Kier molecular flexibility index (Phi) is 5.83. The van der Waals surface area contributed by atoms with Crippen LogP contribution in [-0.4, -0.2) is 30.5 Å². The van der Waals surface area contributed by atoms with Crippen molar-refractivity contribution < 1.29 is 19.2 Å². The van der Waals surface area contributed by atoms with Gasteiger partial charge in [-0.2, -0.15) is 0 Å². The van der Waals surface area contributed by atoms with Crippen molar-refractivity contribution in [2.24, 2.45) is 0 Å². The second kappa shape index (κ2) is 7.20. The molecule has 88 valence electrons. The molecule has 0 aliphatic rings. The molecular weight excluding hydrogens is 227 g/mol. The molecule has 1 N–H and O–H groups in total. The molecule has 0 spiro atoms. The van der Waals surface area contributed by atoms with Crippen LogP contribution in [0.4, 0.5) is 0 Å². The van der Waals surface area contributed by atoms with Crippen molar-refractivity contribution in [3.8, 4) is 0 Å². The summed E-state index contributed by atoms with van der Waals surface area (Å²) in [5.41, 5.74) is 0. The zero-order chi connectivity index (χ0) is 11.8. The van der Waals surface area contributed by atoms with Gasteiger partial charge in [-0.05, 0) is 0 Å². The number of hydrogen-bond acceptors (Lipinski definition) is 4. The van der Waals surface area contributed by atoms with E-state index < -0.39 is 13.8 Å². The fraction of sp³-hybridized carbons (Fsp3) is 0.364. The third-order valence-electron chi connectivity index (χ3n) is 2.01. The normalized spacial score (nSPS) is 12.1. The standard InChI is InChI=1S/C11H15O4P/c12-7-8-15-11(13)6-9-16(14)10-4-2-1-3-5-10/h1-5,12,16H,6-9H2. The molecular formula is C11H15O4P. The highest BCUT2D eigenvalue weighted by Gasteiger charge is 2.07. The van der Waals surface area contributed by atoms with E-state index in [4.69, 9.17) is 5.11 Å². The largest absolute Gasteiger partial charge is 0.463 e. The minimum Gasteiger partial charge on any atom is -0.463 e. The first kappa shape index (κ1) is 12.9. The second-order valence-corrected chi connectivity index (χ2v) is 5.16. The smallest absolute Gasteiger partial charge is 0.306 e. The molecule has 16 heavy (non-hydrogen) atoms. The van der Waals surface area contributed by atoms with E-state index in [0.717, 1.165) is 5.30 Å². The highest BCUT2D eigenvalue weighted by molar-refractivity contribution is 7.53. The summed E-state index contributed by atoms with van der Waals surface area (Å²) in [4.78, 5) is 11.1. The lowest BCUT2D eigenvalue weighted by atomic mass is 10.4. The highest BCUT2D eigenvalue weighted by Crippen LogP contribution is 2.20. The maximum atomic E-state index is 11.8. The predicted octanol–water partition coefficient (Wildman–Crippen LogP) is 0.797. The fourth-order valence-electron chi connectivity index (χ4n) is 1.22. The summed E-state index contributed by atoms with van der Waals surface area (Å²) in [5.74, 6) is -0.414. The van der Waals surface area contributed by atoms with Crippen LogP contribution in [0.3, 0.4) is 0 Å². The number of rotatable bonds is 6. The first-order valence-electron chi connectivity index (χ1n) is 5.09. The number of carbonyl (C=O) groups excluding carboxylic acids is 1. The van der Waals surface area contributed by atoms with Crippen molar-refractivity contribution >= 4 is 19.1 Å². The fourth-order valence-corrected chi connectivity index (χ4v) is 2.50. The molecule has 4 nitrogen and oxygen atoms in total. The van der Waals surface area contributed by atoms with Gasteiger partial charge in [0.25, 0.3) is 0 Å². The Labute approximate surface area is 95.0 Å². The Morgan fingerprint density at radius 2 is 2.00 bits per heavy atom. The molecule has 5 heteroatoms. The average Bonchev–Trinajstić information content (AvgIpc) is 2.34. The monoisotopic (exact) mass is 242 g/mol. The van der Waals surface area contributed by atoms with Crippen LogP contribution < -0.4 is 5.30 Å². The molecule has 0 amide bonds. The van der Waals surface area contributed by atoms with Crippen molar-refractivity contribution in [1.82, 2.24) is 0 Å². The predicted molar refractivity (Wildman–Crippen MR) is 62.6 cm³/mol. The minimum atomic E-state index is -1.90. The number of carbonyl (C=O) groups is 1. The maximum absolute atomic E-state index is 11.8. The second-order valence-electron chi connectivity index (χ2n) is 3.23. The van der Waals surface area contributed by atoms with Crippen molar-refractivity contribution in [3.05, 3.63) is 30.3 Å². The van der Waals surface area contributed by atoms with Crippen molar-refractivity contribution in [2.45, 2.75) is 6.42 Å². The van der Waals surface area contributed by atoms with Crippen LogP contribution in [0.5, 0.6) is 0 Å². The quantitative estimate of drug-likeness (QED) is 0.592. The molecule has 0 aliphatic carbocycles. The summed E-state index contributed by atoms with van der Waals surface area (Å²) >= 11 is 0. The van der Waals surface area contributed by atoms with Crippen molar-refractivity contribution in [2.75, 3.05) is 19.4 Å². The van der Waals surface area contributed by atoms with Crippen LogP contribution in [0, 0.1) is 0 Å². The van der Waals surface area contributed by atoms with Gasteiger partial charge in [0.1, 0.15) is 14.4 Å². The highest BCUT2D eigenvalue weighted by atomic mass is 31.1. The van der Waals surface area contributed by atoms with E-state index in [1.165, 1.54) is 0 Å². The Bertz CT molecular complexity index is 350. The zero-order valence-electron chi connectivity index (χ0n) is 8.89. The molecule has 0 bridgehead atoms. The van der Waals surface area contributed by atoms with Gasteiger partial charge < -0.3 is 14.4 Å². The van der Waals surface area contributed by atoms with E-state index in [1.54, 1.807) is 12.1 Å². The van der Waals surface area contributed by atoms with E-state index >= 15 is 0 Å². The summed E-state index contributed by atoms with van der Waals surface area (Å²) in [6.07, 6.45) is 0.450. The van der Waals surface area contributed by atoms with Crippen LogP contribution >= 0.6 is 7.80 Å². The molecule has 0 aromatic heterocycles. The Balaban J connectivity index is 2.33. The average molecular weight is 242 g/mol.